The topological polar surface area (TPSA) is 94.8 Å². The number of hydrogen-bond donors (Lipinski definition) is 3. The second-order valence-electron chi connectivity index (χ2n) is 9.19. The van der Waals surface area contributed by atoms with Crippen molar-refractivity contribution in [2.45, 2.75) is 57.7 Å². The Labute approximate surface area is 153 Å². The van der Waals surface area contributed by atoms with Gasteiger partial charge in [0.25, 0.3) is 0 Å². The normalized spacial score (nSPS) is 49.9. The zero-order valence-electron chi connectivity index (χ0n) is 15.4. The van der Waals surface area contributed by atoms with Gasteiger partial charge >= 0.3 is 0 Å². The van der Waals surface area contributed by atoms with Gasteiger partial charge in [0, 0.05) is 16.7 Å². The number of hydrogen-bond acceptors (Lipinski definition) is 5. The second kappa shape index (κ2) is 5.60. The molecule has 3 saturated carbocycles. The molecular formula is C21H28O5. The van der Waals surface area contributed by atoms with E-state index >= 15 is 0 Å². The van der Waals surface area contributed by atoms with E-state index in [1.807, 2.05) is 13.0 Å². The van der Waals surface area contributed by atoms with Gasteiger partial charge in [-0.1, -0.05) is 25.5 Å². The molecule has 0 bridgehead atoms. The Kier molecular flexibility index (Phi) is 3.89. The van der Waals surface area contributed by atoms with Crippen LogP contribution in [0.5, 0.6) is 0 Å². The number of rotatable bonds is 2. The first kappa shape index (κ1) is 18.1. The molecule has 142 valence electrons. The molecule has 0 aromatic carbocycles. The van der Waals surface area contributed by atoms with Crippen LogP contribution in [0.2, 0.25) is 0 Å². The Balaban J connectivity index is 1.75. The van der Waals surface area contributed by atoms with Crippen molar-refractivity contribution >= 4 is 11.6 Å². The standard InChI is InChI=1S/C21H28O5/c1-19-7-5-13(23)9-12(19)3-4-14-15-6-8-21(26,17(25)11-22)20(15,2)10-16(24)18(14)19/h5,7,9,14-16,18,22,24,26H,3-4,6,8,10-11H2,1-2H3/t14?,15?,16-,18?,19?,20-,21-/m0/s1. The summed E-state index contributed by atoms with van der Waals surface area (Å²) in [5, 5.41) is 31.7. The highest BCUT2D eigenvalue weighted by molar-refractivity contribution is 6.01. The first-order chi connectivity index (χ1) is 12.2. The van der Waals surface area contributed by atoms with Gasteiger partial charge in [0.2, 0.25) is 0 Å². The van der Waals surface area contributed by atoms with Crippen molar-refractivity contribution < 1.29 is 24.9 Å². The Bertz CT molecular complexity index is 724. The van der Waals surface area contributed by atoms with Crippen LogP contribution in [0.4, 0.5) is 0 Å². The highest BCUT2D eigenvalue weighted by Crippen LogP contribution is 2.67. The molecule has 4 aliphatic carbocycles. The lowest BCUT2D eigenvalue weighted by Crippen LogP contribution is -2.61. The van der Waals surface area contributed by atoms with Gasteiger partial charge in [0.15, 0.2) is 11.6 Å². The number of aliphatic hydroxyl groups is 3. The lowest BCUT2D eigenvalue weighted by atomic mass is 9.46. The number of Topliss-reactive ketones (excluding diaryl/α,β-unsaturated/α-hetero) is 1. The lowest BCUT2D eigenvalue weighted by Gasteiger charge is -2.59. The maximum atomic E-state index is 12.4. The summed E-state index contributed by atoms with van der Waals surface area (Å²) in [7, 11) is 0. The molecule has 0 saturated heterocycles. The number of carbonyl (C=O) groups excluding carboxylic acids is 2. The van der Waals surface area contributed by atoms with Crippen LogP contribution < -0.4 is 0 Å². The molecule has 0 amide bonds. The summed E-state index contributed by atoms with van der Waals surface area (Å²) >= 11 is 0. The van der Waals surface area contributed by atoms with Gasteiger partial charge in [0.1, 0.15) is 12.2 Å². The number of aliphatic hydroxyl groups excluding tert-OH is 2. The summed E-state index contributed by atoms with van der Waals surface area (Å²) in [5.41, 5.74) is -1.54. The van der Waals surface area contributed by atoms with E-state index in [0.29, 0.717) is 12.8 Å². The minimum atomic E-state index is -1.56. The molecule has 0 spiro atoms. The van der Waals surface area contributed by atoms with E-state index in [4.69, 9.17) is 0 Å². The molecule has 0 aromatic rings. The largest absolute Gasteiger partial charge is 0.393 e. The third kappa shape index (κ3) is 2.08. The Morgan fingerprint density at radius 1 is 1.31 bits per heavy atom. The first-order valence-corrected chi connectivity index (χ1v) is 9.66. The number of carbonyl (C=O) groups is 2. The molecule has 4 aliphatic rings. The highest BCUT2D eigenvalue weighted by Gasteiger charge is 2.67. The van der Waals surface area contributed by atoms with E-state index in [1.165, 1.54) is 0 Å². The van der Waals surface area contributed by atoms with Crippen LogP contribution in [0.1, 0.15) is 46.0 Å². The van der Waals surface area contributed by atoms with Gasteiger partial charge < -0.3 is 15.3 Å². The first-order valence-electron chi connectivity index (χ1n) is 9.66. The van der Waals surface area contributed by atoms with E-state index in [9.17, 15) is 24.9 Å². The molecule has 0 radical (unpaired) electrons. The van der Waals surface area contributed by atoms with Crippen molar-refractivity contribution in [1.29, 1.82) is 0 Å². The van der Waals surface area contributed by atoms with Crippen LogP contribution >= 0.6 is 0 Å². The predicted molar refractivity (Wildman–Crippen MR) is 95.0 cm³/mol. The van der Waals surface area contributed by atoms with Gasteiger partial charge in [-0.05, 0) is 56.1 Å². The number of allylic oxidation sites excluding steroid dienone is 4. The Hall–Kier alpha value is -1.30. The third-order valence-corrected chi connectivity index (χ3v) is 8.25. The fourth-order valence-corrected chi connectivity index (χ4v) is 6.92. The molecule has 26 heavy (non-hydrogen) atoms. The quantitative estimate of drug-likeness (QED) is 0.695. The van der Waals surface area contributed by atoms with Crippen molar-refractivity contribution in [2.24, 2.45) is 28.6 Å². The predicted octanol–water partition coefficient (Wildman–Crippen LogP) is 1.56. The van der Waals surface area contributed by atoms with Gasteiger partial charge in [-0.2, -0.15) is 0 Å². The summed E-state index contributed by atoms with van der Waals surface area (Å²) in [5.74, 6) is -0.227. The van der Waals surface area contributed by atoms with Gasteiger partial charge in [0.05, 0.1) is 6.10 Å². The van der Waals surface area contributed by atoms with Crippen molar-refractivity contribution in [3.05, 3.63) is 23.8 Å². The van der Waals surface area contributed by atoms with Crippen LogP contribution in [0, 0.1) is 28.6 Å². The van der Waals surface area contributed by atoms with Crippen LogP contribution in [0.3, 0.4) is 0 Å². The fourth-order valence-electron chi connectivity index (χ4n) is 6.92. The van der Waals surface area contributed by atoms with Crippen molar-refractivity contribution in [3.63, 3.8) is 0 Å². The van der Waals surface area contributed by atoms with E-state index in [0.717, 1.165) is 24.8 Å². The minimum Gasteiger partial charge on any atom is -0.393 e. The number of ketones is 2. The summed E-state index contributed by atoms with van der Waals surface area (Å²) in [6.07, 6.45) is 7.68. The molecule has 0 aromatic heterocycles. The van der Waals surface area contributed by atoms with Gasteiger partial charge in [-0.15, -0.1) is 0 Å². The molecule has 3 fully saturated rings. The van der Waals surface area contributed by atoms with Crippen LogP contribution in [-0.4, -0.2) is 45.2 Å². The molecule has 7 atom stereocenters. The summed E-state index contributed by atoms with van der Waals surface area (Å²) in [6, 6.07) is 0. The zero-order valence-corrected chi connectivity index (χ0v) is 15.4. The smallest absolute Gasteiger partial charge is 0.190 e. The molecule has 0 aliphatic heterocycles. The molecule has 4 rings (SSSR count). The van der Waals surface area contributed by atoms with Gasteiger partial charge in [-0.25, -0.2) is 0 Å². The van der Waals surface area contributed by atoms with Crippen molar-refractivity contribution in [1.82, 2.24) is 0 Å². The third-order valence-electron chi connectivity index (χ3n) is 8.25. The van der Waals surface area contributed by atoms with Gasteiger partial charge in [-0.3, -0.25) is 9.59 Å². The van der Waals surface area contributed by atoms with Crippen LogP contribution in [-0.2, 0) is 9.59 Å². The van der Waals surface area contributed by atoms with Crippen molar-refractivity contribution in [2.75, 3.05) is 6.61 Å². The number of fused-ring (bicyclic) bond motifs is 5. The molecule has 3 N–H and O–H groups in total. The Morgan fingerprint density at radius 3 is 2.73 bits per heavy atom. The lowest BCUT2D eigenvalue weighted by molar-refractivity contribution is -0.178. The highest BCUT2D eigenvalue weighted by atomic mass is 16.3. The maximum Gasteiger partial charge on any atom is 0.190 e. The molecular weight excluding hydrogens is 332 g/mol. The average molecular weight is 360 g/mol. The fraction of sp³-hybridized carbons (Fsp3) is 0.714. The zero-order chi connectivity index (χ0) is 18.9. The SMILES string of the molecule is CC12C=CC(=O)C=C1CCC1C2[C@@H](O)C[C@@]2(C)C1CC[C@]2(O)C(=O)CO. The average Bonchev–Trinajstić information content (AvgIpc) is 2.86. The van der Waals surface area contributed by atoms with E-state index in [2.05, 4.69) is 6.92 Å². The Morgan fingerprint density at radius 2 is 2.04 bits per heavy atom. The molecule has 0 heterocycles. The van der Waals surface area contributed by atoms with Crippen molar-refractivity contribution in [3.8, 4) is 0 Å². The monoisotopic (exact) mass is 360 g/mol. The van der Waals surface area contributed by atoms with E-state index in [-0.39, 0.29) is 29.0 Å². The maximum absolute atomic E-state index is 12.4. The second-order valence-corrected chi connectivity index (χ2v) is 9.19. The summed E-state index contributed by atoms with van der Waals surface area (Å²) in [6.45, 7) is 3.34. The minimum absolute atomic E-state index is 0.00912. The molecule has 5 nitrogen and oxygen atoms in total. The summed E-state index contributed by atoms with van der Waals surface area (Å²) in [4.78, 5) is 24.2. The van der Waals surface area contributed by atoms with E-state index < -0.39 is 29.5 Å². The van der Waals surface area contributed by atoms with Crippen LogP contribution in [0.15, 0.2) is 23.8 Å². The molecule has 5 heteroatoms. The molecule has 4 unspecified atom stereocenters. The van der Waals surface area contributed by atoms with Crippen LogP contribution in [0.25, 0.3) is 0 Å². The summed E-state index contributed by atoms with van der Waals surface area (Å²) < 4.78 is 0. The van der Waals surface area contributed by atoms with E-state index in [1.54, 1.807) is 12.2 Å².